The molecule has 0 aromatic carbocycles. The third kappa shape index (κ3) is 70.2. The summed E-state index contributed by atoms with van der Waals surface area (Å²) < 4.78 is 68.3. The number of carbonyl (C=O) groups is 4. The average Bonchev–Trinajstić information content (AvgIpc) is 0.971. The number of unbranched alkanes of at least 4 members (excludes halogenated alkanes) is 28. The maximum atomic E-state index is 13.1. The Morgan fingerprint density at radius 3 is 0.908 bits per heavy atom. The summed E-state index contributed by atoms with van der Waals surface area (Å²) in [5, 5.41) is 10.6. The lowest BCUT2D eigenvalue weighted by Gasteiger charge is -2.21. The van der Waals surface area contributed by atoms with E-state index >= 15 is 0 Å². The van der Waals surface area contributed by atoms with E-state index in [2.05, 4.69) is 113 Å². The molecule has 5 unspecified atom stereocenters. The highest BCUT2D eigenvalue weighted by molar-refractivity contribution is 7.47. The van der Waals surface area contributed by atoms with Gasteiger partial charge in [0.25, 0.3) is 0 Å². The van der Waals surface area contributed by atoms with Gasteiger partial charge in [0.15, 0.2) is 12.2 Å². The summed E-state index contributed by atoms with van der Waals surface area (Å²) >= 11 is 0. The van der Waals surface area contributed by atoms with Crippen LogP contribution in [0.15, 0.2) is 109 Å². The topological polar surface area (TPSA) is 237 Å². The van der Waals surface area contributed by atoms with Crippen molar-refractivity contribution in [3.63, 3.8) is 0 Å². The van der Waals surface area contributed by atoms with Crippen molar-refractivity contribution in [1.82, 2.24) is 0 Å². The molecular weight excluding hydrogens is 1280 g/mol. The van der Waals surface area contributed by atoms with Crippen LogP contribution in [0.1, 0.15) is 310 Å². The van der Waals surface area contributed by atoms with Crippen molar-refractivity contribution in [2.45, 2.75) is 329 Å². The lowest BCUT2D eigenvalue weighted by molar-refractivity contribution is -0.161. The summed E-state index contributed by atoms with van der Waals surface area (Å²) in [4.78, 5) is 72.8. The Labute approximate surface area is 594 Å². The van der Waals surface area contributed by atoms with Gasteiger partial charge in [-0.2, -0.15) is 0 Å². The highest BCUT2D eigenvalue weighted by Crippen LogP contribution is 2.45. The van der Waals surface area contributed by atoms with Crippen LogP contribution in [0.2, 0.25) is 0 Å². The van der Waals surface area contributed by atoms with E-state index < -0.39 is 97.5 Å². The van der Waals surface area contributed by atoms with E-state index in [1.54, 1.807) is 6.08 Å². The fraction of sp³-hybridized carbons (Fsp3) is 0.722. The number of esters is 4. The van der Waals surface area contributed by atoms with Gasteiger partial charge in [0.2, 0.25) is 0 Å². The number of phosphoric ester groups is 2. The quantitative estimate of drug-likeness (QED) is 0.0169. The molecule has 0 bridgehead atoms. The smallest absolute Gasteiger partial charge is 0.462 e. The van der Waals surface area contributed by atoms with E-state index in [0.29, 0.717) is 25.7 Å². The molecule has 0 spiro atoms. The molecule has 0 rings (SSSR count). The molecule has 0 aromatic rings. The summed E-state index contributed by atoms with van der Waals surface area (Å²) in [6.07, 6.45) is 75.4. The zero-order valence-electron chi connectivity index (χ0n) is 61.4. The number of allylic oxidation sites excluding steroid dienone is 17. The predicted octanol–water partition coefficient (Wildman–Crippen LogP) is 21.8. The third-order valence-electron chi connectivity index (χ3n) is 15.8. The standard InChI is InChI=1S/C79H136O17P2/c1-5-9-13-17-21-25-29-33-35-36-38-42-44-48-52-56-60-64-77(82)90-70-75(96-79(84)66-62-58-54-50-46-40-32-28-24-20-16-12-8-4)72-94-98(87,88)92-68-73(80)67-91-97(85,86)93-71-74(95-78(83)65-61-57-53-49-45-39-31-27-23-19-15-11-7-3)69-89-76(81)63-59-55-51-47-43-41-37-34-30-26-22-18-14-10-6-2/h9-10,13-14,21-22,25-26,33-35,37-38,42-43,47,55,59,73-75,80H,5-8,11-12,15-20,23-24,27-32,36,39-41,44-46,48-54,56-58,60-72H2,1-4H3,(H,85,86)(H,87,88)/b13-9-,14-10-,25-21-,26-22-,35-33-,37-34-,42-38-,47-43-,59-55-. The zero-order valence-corrected chi connectivity index (χ0v) is 63.2. The molecule has 564 valence electrons. The first-order chi connectivity index (χ1) is 47.7. The van der Waals surface area contributed by atoms with Crippen LogP contribution in [0.5, 0.6) is 0 Å². The van der Waals surface area contributed by atoms with Crippen LogP contribution in [0.4, 0.5) is 0 Å². The summed E-state index contributed by atoms with van der Waals surface area (Å²) in [5.74, 6) is -2.34. The highest BCUT2D eigenvalue weighted by Gasteiger charge is 2.30. The molecule has 0 aromatic heterocycles. The van der Waals surface area contributed by atoms with E-state index in [-0.39, 0.29) is 25.7 Å². The molecule has 0 aliphatic rings. The number of carbonyl (C=O) groups excluding carboxylic acids is 4. The van der Waals surface area contributed by atoms with Gasteiger partial charge in [-0.15, -0.1) is 0 Å². The van der Waals surface area contributed by atoms with Crippen molar-refractivity contribution in [3.8, 4) is 0 Å². The van der Waals surface area contributed by atoms with Gasteiger partial charge in [0.05, 0.1) is 32.8 Å². The minimum absolute atomic E-state index is 0.0694. The number of phosphoric acid groups is 2. The molecule has 17 nitrogen and oxygen atoms in total. The lowest BCUT2D eigenvalue weighted by atomic mass is 10.0. The second kappa shape index (κ2) is 71.1. The fourth-order valence-electron chi connectivity index (χ4n) is 10.0. The zero-order chi connectivity index (χ0) is 71.8. The van der Waals surface area contributed by atoms with Crippen LogP contribution < -0.4 is 0 Å². The summed E-state index contributed by atoms with van der Waals surface area (Å²) in [5.41, 5.74) is 0. The van der Waals surface area contributed by atoms with Crippen molar-refractivity contribution in [3.05, 3.63) is 109 Å². The maximum Gasteiger partial charge on any atom is 0.472 e. The molecular formula is C79H136O17P2. The summed E-state index contributed by atoms with van der Waals surface area (Å²) in [7, 11) is -9.97. The molecule has 0 saturated carbocycles. The van der Waals surface area contributed by atoms with E-state index in [1.807, 2.05) is 18.2 Å². The van der Waals surface area contributed by atoms with Gasteiger partial charge in [-0.25, -0.2) is 9.13 Å². The Balaban J connectivity index is 5.40. The van der Waals surface area contributed by atoms with Crippen LogP contribution in [-0.2, 0) is 65.4 Å². The monoisotopic (exact) mass is 1420 g/mol. The molecule has 19 heteroatoms. The van der Waals surface area contributed by atoms with Crippen molar-refractivity contribution < 1.29 is 80.2 Å². The minimum atomic E-state index is -4.99. The normalized spacial score (nSPS) is 14.6. The molecule has 0 aliphatic heterocycles. The van der Waals surface area contributed by atoms with Gasteiger partial charge in [0, 0.05) is 19.3 Å². The van der Waals surface area contributed by atoms with Crippen molar-refractivity contribution in [1.29, 1.82) is 0 Å². The Morgan fingerprint density at radius 1 is 0.306 bits per heavy atom. The predicted molar refractivity (Wildman–Crippen MR) is 399 cm³/mol. The summed E-state index contributed by atoms with van der Waals surface area (Å²) in [6.45, 7) is 4.52. The Hall–Kier alpha value is -4.28. The van der Waals surface area contributed by atoms with Crippen LogP contribution in [-0.4, -0.2) is 96.7 Å². The SMILES string of the molecule is CC/C=C\C/C=C\C/C=C\C/C=C\C/C=C\CC(=O)OCC(COP(=O)(O)OCC(O)COP(=O)(O)OCC(COC(=O)CCCCCC/C=C\C/C=C\C/C=C\C/C=C\CC)OC(=O)CCCCCCCCCCCCCCC)OC(=O)CCCCCCCCCCCCCCC. The van der Waals surface area contributed by atoms with Gasteiger partial charge >= 0.3 is 39.5 Å². The second-order valence-corrected chi connectivity index (χ2v) is 28.1. The molecule has 0 heterocycles. The molecule has 98 heavy (non-hydrogen) atoms. The third-order valence-corrected chi connectivity index (χ3v) is 17.7. The van der Waals surface area contributed by atoms with Gasteiger partial charge < -0.3 is 33.8 Å². The molecule has 0 radical (unpaired) electrons. The molecule has 0 aliphatic carbocycles. The fourth-order valence-corrected chi connectivity index (χ4v) is 11.6. The Morgan fingerprint density at radius 2 is 0.571 bits per heavy atom. The van der Waals surface area contributed by atoms with Gasteiger partial charge in [-0.05, 0) is 89.9 Å². The van der Waals surface area contributed by atoms with Crippen LogP contribution >= 0.6 is 15.6 Å². The van der Waals surface area contributed by atoms with E-state index in [4.69, 9.17) is 37.0 Å². The Kier molecular flexibility index (Phi) is 68.0. The Bertz CT molecular complexity index is 2290. The number of rotatable bonds is 71. The number of aliphatic hydroxyl groups is 1. The summed E-state index contributed by atoms with van der Waals surface area (Å²) in [6, 6.07) is 0. The van der Waals surface area contributed by atoms with Crippen LogP contribution in [0, 0.1) is 0 Å². The molecule has 0 saturated heterocycles. The van der Waals surface area contributed by atoms with Crippen molar-refractivity contribution in [2.75, 3.05) is 39.6 Å². The molecule has 0 amide bonds. The van der Waals surface area contributed by atoms with E-state index in [1.165, 1.54) is 103 Å². The van der Waals surface area contributed by atoms with Gasteiger partial charge in [0.1, 0.15) is 19.3 Å². The van der Waals surface area contributed by atoms with Crippen LogP contribution in [0.25, 0.3) is 0 Å². The first kappa shape index (κ1) is 93.7. The minimum Gasteiger partial charge on any atom is -0.462 e. The van der Waals surface area contributed by atoms with Crippen molar-refractivity contribution in [2.24, 2.45) is 0 Å². The number of hydrogen-bond acceptors (Lipinski definition) is 15. The first-order valence-corrected chi connectivity index (χ1v) is 41.1. The first-order valence-electron chi connectivity index (χ1n) is 38.1. The van der Waals surface area contributed by atoms with Gasteiger partial charge in [-0.3, -0.25) is 37.3 Å². The molecule has 3 N–H and O–H groups in total. The maximum absolute atomic E-state index is 13.1. The van der Waals surface area contributed by atoms with E-state index in [9.17, 15) is 43.2 Å². The largest absolute Gasteiger partial charge is 0.472 e. The van der Waals surface area contributed by atoms with Gasteiger partial charge in [-0.1, -0.05) is 304 Å². The van der Waals surface area contributed by atoms with Crippen LogP contribution in [0.3, 0.4) is 0 Å². The number of aliphatic hydroxyl groups excluding tert-OH is 1. The number of ether oxygens (including phenoxy) is 4. The highest BCUT2D eigenvalue weighted by atomic mass is 31.2. The second-order valence-electron chi connectivity index (χ2n) is 25.2. The van der Waals surface area contributed by atoms with E-state index in [0.717, 1.165) is 128 Å². The average molecular weight is 1420 g/mol. The molecule has 0 fully saturated rings. The van der Waals surface area contributed by atoms with Crippen molar-refractivity contribution >= 4 is 39.5 Å². The molecule has 5 atom stereocenters. The lowest BCUT2D eigenvalue weighted by Crippen LogP contribution is -2.30. The number of hydrogen-bond donors (Lipinski definition) is 3.